The molecule has 1 amide bonds. The number of esters is 1. The van der Waals surface area contributed by atoms with Crippen LogP contribution in [0.4, 0.5) is 0 Å². The van der Waals surface area contributed by atoms with Crippen LogP contribution >= 0.6 is 11.8 Å². The molecule has 8 nitrogen and oxygen atoms in total. The lowest BCUT2D eigenvalue weighted by Crippen LogP contribution is -2.37. The zero-order valence-corrected chi connectivity index (χ0v) is 13.0. The molecule has 0 saturated heterocycles. The molecule has 21 heavy (non-hydrogen) atoms. The molecule has 0 unspecified atom stereocenters. The maximum absolute atomic E-state index is 12.2. The number of rotatable bonds is 8. The average molecular weight is 313 g/mol. The fourth-order valence-corrected chi connectivity index (χ4v) is 2.68. The molecule has 1 fully saturated rings. The van der Waals surface area contributed by atoms with Crippen LogP contribution in [0.15, 0.2) is 5.16 Å². The molecule has 1 aromatic heterocycles. The highest BCUT2D eigenvalue weighted by Crippen LogP contribution is 2.36. The number of ether oxygens (including phenoxy) is 1. The molecule has 116 valence electrons. The Morgan fingerprint density at radius 3 is 2.86 bits per heavy atom. The van der Waals surface area contributed by atoms with Crippen molar-refractivity contribution in [3.05, 3.63) is 0 Å². The average Bonchev–Trinajstić information content (AvgIpc) is 3.22. The summed E-state index contributed by atoms with van der Waals surface area (Å²) in [6.07, 6.45) is 2.95. The summed E-state index contributed by atoms with van der Waals surface area (Å²) in [5, 5.41) is 12.2. The van der Waals surface area contributed by atoms with E-state index in [4.69, 9.17) is 0 Å². The minimum absolute atomic E-state index is 0.0166. The van der Waals surface area contributed by atoms with Crippen LogP contribution in [0.3, 0.4) is 0 Å². The minimum Gasteiger partial charge on any atom is -0.468 e. The number of carbonyl (C=O) groups excluding carboxylic acids is 2. The van der Waals surface area contributed by atoms with Gasteiger partial charge in [-0.15, -0.1) is 5.10 Å². The highest BCUT2D eigenvalue weighted by Gasteiger charge is 2.28. The van der Waals surface area contributed by atoms with Gasteiger partial charge in [-0.2, -0.15) is 0 Å². The van der Waals surface area contributed by atoms with E-state index in [0.717, 1.165) is 19.3 Å². The molecule has 9 heteroatoms. The highest BCUT2D eigenvalue weighted by molar-refractivity contribution is 7.99. The molecule has 0 aromatic carbocycles. The van der Waals surface area contributed by atoms with Crippen LogP contribution in [-0.2, 0) is 14.3 Å². The Morgan fingerprint density at radius 2 is 2.24 bits per heavy atom. The van der Waals surface area contributed by atoms with E-state index in [-0.39, 0.29) is 18.2 Å². The molecule has 1 saturated carbocycles. The summed E-state index contributed by atoms with van der Waals surface area (Å²) in [6.45, 7) is 2.47. The first-order chi connectivity index (χ1) is 10.2. The second-order valence-corrected chi connectivity index (χ2v) is 5.76. The fourth-order valence-electron chi connectivity index (χ4n) is 1.83. The highest BCUT2D eigenvalue weighted by atomic mass is 32.2. The first kappa shape index (κ1) is 15.7. The van der Waals surface area contributed by atoms with Crippen molar-refractivity contribution in [2.45, 2.75) is 37.4 Å². The standard InChI is InChI=1S/C12H19N5O3S/c1-3-6-16(7-11(19)20-2)10(18)8-21-12-13-14-15-17(12)9-4-5-9/h9H,3-8H2,1-2H3. The Kier molecular flexibility index (Phi) is 5.54. The molecular formula is C12H19N5O3S. The summed E-state index contributed by atoms with van der Waals surface area (Å²) >= 11 is 1.30. The predicted octanol–water partition coefficient (Wildman–Crippen LogP) is 0.512. The quantitative estimate of drug-likeness (QED) is 0.510. The fraction of sp³-hybridized carbons (Fsp3) is 0.750. The lowest BCUT2D eigenvalue weighted by molar-refractivity contribution is -0.146. The molecule has 0 aliphatic heterocycles. The summed E-state index contributed by atoms with van der Waals surface area (Å²) < 4.78 is 6.38. The van der Waals surface area contributed by atoms with Gasteiger partial charge in [-0.25, -0.2) is 4.68 Å². The van der Waals surface area contributed by atoms with Crippen molar-refractivity contribution in [2.24, 2.45) is 0 Å². The third-order valence-electron chi connectivity index (χ3n) is 3.07. The van der Waals surface area contributed by atoms with Crippen LogP contribution in [0.5, 0.6) is 0 Å². The van der Waals surface area contributed by atoms with Crippen molar-refractivity contribution in [3.8, 4) is 0 Å². The van der Waals surface area contributed by atoms with Crippen molar-refractivity contribution < 1.29 is 14.3 Å². The molecule has 1 aromatic rings. The van der Waals surface area contributed by atoms with Gasteiger partial charge in [-0.1, -0.05) is 18.7 Å². The van der Waals surface area contributed by atoms with Crippen molar-refractivity contribution in [3.63, 3.8) is 0 Å². The van der Waals surface area contributed by atoms with Gasteiger partial charge in [-0.3, -0.25) is 9.59 Å². The van der Waals surface area contributed by atoms with Crippen LogP contribution in [0.2, 0.25) is 0 Å². The zero-order valence-electron chi connectivity index (χ0n) is 12.2. The number of aromatic nitrogens is 4. The molecule has 0 spiro atoms. The van der Waals surface area contributed by atoms with E-state index in [2.05, 4.69) is 20.3 Å². The van der Waals surface area contributed by atoms with Crippen molar-refractivity contribution in [1.29, 1.82) is 0 Å². The first-order valence-electron chi connectivity index (χ1n) is 6.91. The smallest absolute Gasteiger partial charge is 0.325 e. The number of hydrogen-bond acceptors (Lipinski definition) is 7. The predicted molar refractivity (Wildman–Crippen MR) is 75.7 cm³/mol. The number of tetrazole rings is 1. The maximum atomic E-state index is 12.2. The lowest BCUT2D eigenvalue weighted by atomic mass is 10.4. The van der Waals surface area contributed by atoms with E-state index < -0.39 is 5.97 Å². The second-order valence-electron chi connectivity index (χ2n) is 4.82. The summed E-state index contributed by atoms with van der Waals surface area (Å²) in [5.74, 6) is -0.313. The Labute approximate surface area is 127 Å². The third-order valence-corrected chi connectivity index (χ3v) is 3.99. The number of thioether (sulfide) groups is 1. The number of methoxy groups -OCH3 is 1. The van der Waals surface area contributed by atoms with Crippen LogP contribution in [0.25, 0.3) is 0 Å². The van der Waals surface area contributed by atoms with E-state index in [0.29, 0.717) is 17.7 Å². The number of hydrogen-bond donors (Lipinski definition) is 0. The second kappa shape index (κ2) is 7.39. The van der Waals surface area contributed by atoms with E-state index in [1.54, 1.807) is 4.68 Å². The summed E-state index contributed by atoms with van der Waals surface area (Å²) in [6, 6.07) is 0.374. The molecule has 1 aliphatic carbocycles. The van der Waals surface area contributed by atoms with Gasteiger partial charge >= 0.3 is 5.97 Å². The SMILES string of the molecule is CCCN(CC(=O)OC)C(=O)CSc1nnnn1C1CC1. The summed E-state index contributed by atoms with van der Waals surface area (Å²) in [5.41, 5.74) is 0. The molecule has 0 N–H and O–H groups in total. The van der Waals surface area contributed by atoms with E-state index in [1.807, 2.05) is 6.92 Å². The van der Waals surface area contributed by atoms with Crippen LogP contribution in [-0.4, -0.2) is 62.9 Å². The number of nitrogens with zero attached hydrogens (tertiary/aromatic N) is 5. The van der Waals surface area contributed by atoms with Gasteiger partial charge in [0.1, 0.15) is 6.54 Å². The number of amides is 1. The maximum Gasteiger partial charge on any atom is 0.325 e. The first-order valence-corrected chi connectivity index (χ1v) is 7.89. The van der Waals surface area contributed by atoms with E-state index >= 15 is 0 Å². The van der Waals surface area contributed by atoms with Crippen molar-refractivity contribution in [1.82, 2.24) is 25.1 Å². The van der Waals surface area contributed by atoms with Crippen molar-refractivity contribution in [2.75, 3.05) is 26.0 Å². The summed E-state index contributed by atoms with van der Waals surface area (Å²) in [4.78, 5) is 25.0. The van der Waals surface area contributed by atoms with Crippen LogP contribution in [0.1, 0.15) is 32.2 Å². The van der Waals surface area contributed by atoms with Gasteiger partial charge < -0.3 is 9.64 Å². The zero-order chi connectivity index (χ0) is 15.2. The van der Waals surface area contributed by atoms with Gasteiger partial charge in [0.2, 0.25) is 11.1 Å². The van der Waals surface area contributed by atoms with Gasteiger partial charge in [0, 0.05) is 6.54 Å². The van der Waals surface area contributed by atoms with Crippen LogP contribution in [0, 0.1) is 0 Å². The molecule has 0 bridgehead atoms. The van der Waals surface area contributed by atoms with Gasteiger partial charge in [-0.05, 0) is 29.7 Å². The molecule has 1 aliphatic rings. The van der Waals surface area contributed by atoms with Crippen LogP contribution < -0.4 is 0 Å². The van der Waals surface area contributed by atoms with E-state index in [9.17, 15) is 9.59 Å². The largest absolute Gasteiger partial charge is 0.468 e. The van der Waals surface area contributed by atoms with E-state index in [1.165, 1.54) is 23.8 Å². The van der Waals surface area contributed by atoms with Gasteiger partial charge in [0.15, 0.2) is 0 Å². The topological polar surface area (TPSA) is 90.2 Å². The molecule has 1 heterocycles. The Balaban J connectivity index is 1.88. The molecule has 0 radical (unpaired) electrons. The third kappa shape index (κ3) is 4.42. The molecular weight excluding hydrogens is 294 g/mol. The van der Waals surface area contributed by atoms with Gasteiger partial charge in [0.25, 0.3) is 0 Å². The number of carbonyl (C=O) groups is 2. The Hall–Kier alpha value is -1.64. The molecule has 0 atom stereocenters. The Morgan fingerprint density at radius 1 is 1.48 bits per heavy atom. The lowest BCUT2D eigenvalue weighted by Gasteiger charge is -2.20. The molecule has 2 rings (SSSR count). The Bertz CT molecular complexity index is 503. The summed E-state index contributed by atoms with van der Waals surface area (Å²) in [7, 11) is 1.31. The van der Waals surface area contributed by atoms with Crippen molar-refractivity contribution >= 4 is 23.6 Å². The monoisotopic (exact) mass is 313 g/mol. The minimum atomic E-state index is -0.412. The van der Waals surface area contributed by atoms with Gasteiger partial charge in [0.05, 0.1) is 18.9 Å². The normalized spacial score (nSPS) is 14.0.